The van der Waals surface area contributed by atoms with Gasteiger partial charge in [-0.1, -0.05) is 59.6 Å². The van der Waals surface area contributed by atoms with Crippen LogP contribution in [0.4, 0.5) is 0 Å². The molecular formula is C21H19Cl3NO2. The number of hydrogen-bond acceptors (Lipinski definition) is 3. The first-order valence-corrected chi connectivity index (χ1v) is 8.99. The van der Waals surface area contributed by atoms with Gasteiger partial charge in [-0.25, -0.2) is 4.79 Å². The number of esters is 1. The van der Waals surface area contributed by atoms with Gasteiger partial charge in [0.05, 0.1) is 15.6 Å². The third kappa shape index (κ3) is 5.60. The molecule has 2 N–H and O–H groups in total. The number of hydrogen-bond donors (Lipinski definition) is 1. The number of carbonyl (C=O) groups excluding carboxylic acids is 1. The van der Waals surface area contributed by atoms with E-state index in [9.17, 15) is 4.79 Å². The Morgan fingerprint density at radius 2 is 1.74 bits per heavy atom. The molecule has 0 bridgehead atoms. The van der Waals surface area contributed by atoms with Gasteiger partial charge < -0.3 is 10.5 Å². The van der Waals surface area contributed by atoms with Crippen LogP contribution in [0.2, 0.25) is 10.0 Å². The summed E-state index contributed by atoms with van der Waals surface area (Å²) in [7, 11) is 0. The average Bonchev–Trinajstić information content (AvgIpc) is 2.64. The number of halogens is 3. The Balaban J connectivity index is 0.00000261. The van der Waals surface area contributed by atoms with Crippen LogP contribution in [-0.2, 0) is 11.2 Å². The third-order valence-electron chi connectivity index (χ3n) is 4.06. The minimum Gasteiger partial charge on any atom is -0.458 e. The van der Waals surface area contributed by atoms with E-state index in [2.05, 4.69) is 0 Å². The monoisotopic (exact) mass is 422 g/mol. The van der Waals surface area contributed by atoms with Gasteiger partial charge in [0, 0.05) is 12.8 Å². The molecule has 1 atom stereocenters. The molecular weight excluding hydrogens is 405 g/mol. The van der Waals surface area contributed by atoms with Gasteiger partial charge >= 0.3 is 5.97 Å². The second-order valence-corrected chi connectivity index (χ2v) is 6.74. The van der Waals surface area contributed by atoms with Gasteiger partial charge in [-0.3, -0.25) is 0 Å². The molecule has 0 aromatic heterocycles. The maximum absolute atomic E-state index is 12.6. The van der Waals surface area contributed by atoms with Gasteiger partial charge in [0.15, 0.2) is 0 Å². The van der Waals surface area contributed by atoms with E-state index in [4.69, 9.17) is 33.7 Å². The summed E-state index contributed by atoms with van der Waals surface area (Å²) in [6.07, 6.45) is 1.80. The summed E-state index contributed by atoms with van der Waals surface area (Å²) in [6.45, 7) is 0.303. The van der Waals surface area contributed by atoms with Crippen LogP contribution in [0.3, 0.4) is 0 Å². The quantitative estimate of drug-likeness (QED) is 0.533. The van der Waals surface area contributed by atoms with Crippen molar-refractivity contribution in [3.63, 3.8) is 0 Å². The number of carbonyl (C=O) groups is 1. The van der Waals surface area contributed by atoms with E-state index in [1.165, 1.54) is 0 Å². The fourth-order valence-corrected chi connectivity index (χ4v) is 3.07. The van der Waals surface area contributed by atoms with Crippen LogP contribution in [0.1, 0.15) is 15.9 Å². The Kier molecular flexibility index (Phi) is 7.93. The van der Waals surface area contributed by atoms with E-state index in [0.29, 0.717) is 28.6 Å². The highest BCUT2D eigenvalue weighted by Gasteiger charge is 2.17. The standard InChI is InChI=1S/C21H18Cl2NO2.ClH/c22-19-8-5-14(12-20(19)23)11-18(9-10-24)26-21(25)17-7-6-15-3-1-2-4-16(15)13-17;/h1-9,12-13,18H,10-11,24H2;1H/t18-;/m1./s1. The van der Waals surface area contributed by atoms with Crippen LogP contribution in [-0.4, -0.2) is 18.6 Å². The first-order chi connectivity index (χ1) is 12.6. The molecule has 3 aromatic carbocycles. The van der Waals surface area contributed by atoms with Crippen molar-refractivity contribution in [1.29, 1.82) is 0 Å². The Bertz CT molecular complexity index is 930. The normalized spacial score (nSPS) is 11.7. The fourth-order valence-electron chi connectivity index (χ4n) is 2.75. The molecule has 0 aliphatic carbocycles. The Labute approximate surface area is 174 Å². The van der Waals surface area contributed by atoms with E-state index in [0.717, 1.165) is 16.3 Å². The zero-order valence-corrected chi connectivity index (χ0v) is 16.7. The number of rotatable bonds is 6. The van der Waals surface area contributed by atoms with Gasteiger partial charge in [-0.2, -0.15) is 0 Å². The van der Waals surface area contributed by atoms with Gasteiger partial charge in [0.2, 0.25) is 0 Å². The zero-order chi connectivity index (χ0) is 18.5. The molecule has 0 saturated heterocycles. The molecule has 3 aromatic rings. The highest BCUT2D eigenvalue weighted by Crippen LogP contribution is 2.24. The molecule has 0 fully saturated rings. The van der Waals surface area contributed by atoms with Crippen LogP contribution in [0, 0.1) is 6.42 Å². The number of nitrogens with two attached hydrogens (primary N) is 1. The molecule has 1 radical (unpaired) electrons. The van der Waals surface area contributed by atoms with E-state index in [-0.39, 0.29) is 18.4 Å². The maximum Gasteiger partial charge on any atom is 0.338 e. The number of ether oxygens (including phenoxy) is 1. The van der Waals surface area contributed by atoms with Crippen molar-refractivity contribution in [2.24, 2.45) is 5.73 Å². The van der Waals surface area contributed by atoms with Crippen molar-refractivity contribution in [2.45, 2.75) is 12.5 Å². The van der Waals surface area contributed by atoms with Crippen LogP contribution in [0.15, 0.2) is 60.7 Å². The molecule has 0 unspecified atom stereocenters. The summed E-state index contributed by atoms with van der Waals surface area (Å²) >= 11 is 12.0. The van der Waals surface area contributed by atoms with Crippen LogP contribution < -0.4 is 5.73 Å². The maximum atomic E-state index is 12.6. The van der Waals surface area contributed by atoms with Gasteiger partial charge in [0.25, 0.3) is 0 Å². The van der Waals surface area contributed by atoms with E-state index in [1.807, 2.05) is 42.5 Å². The molecule has 3 rings (SSSR count). The van der Waals surface area contributed by atoms with Crippen molar-refractivity contribution in [3.8, 4) is 0 Å². The Hall–Kier alpha value is -1.78. The molecule has 141 valence electrons. The topological polar surface area (TPSA) is 52.3 Å². The zero-order valence-electron chi connectivity index (χ0n) is 14.4. The highest BCUT2D eigenvalue weighted by molar-refractivity contribution is 6.42. The smallest absolute Gasteiger partial charge is 0.338 e. The number of benzene rings is 3. The Morgan fingerprint density at radius 3 is 2.44 bits per heavy atom. The average molecular weight is 424 g/mol. The molecule has 6 heteroatoms. The lowest BCUT2D eigenvalue weighted by Gasteiger charge is -2.17. The summed E-state index contributed by atoms with van der Waals surface area (Å²) in [5.41, 5.74) is 7.06. The largest absolute Gasteiger partial charge is 0.458 e. The van der Waals surface area contributed by atoms with Gasteiger partial charge in [-0.05, 0) is 47.1 Å². The molecule has 3 nitrogen and oxygen atoms in total. The summed E-state index contributed by atoms with van der Waals surface area (Å²) in [6, 6.07) is 18.7. The third-order valence-corrected chi connectivity index (χ3v) is 4.80. The predicted octanol–water partition coefficient (Wildman–Crippen LogP) is 5.50. The second-order valence-electron chi connectivity index (χ2n) is 5.93. The molecule has 0 amide bonds. The fraction of sp³-hybridized carbons (Fsp3) is 0.143. The van der Waals surface area contributed by atoms with Crippen LogP contribution in [0.25, 0.3) is 10.8 Å². The van der Waals surface area contributed by atoms with Crippen molar-refractivity contribution in [1.82, 2.24) is 0 Å². The summed E-state index contributed by atoms with van der Waals surface area (Å²) < 4.78 is 5.65. The molecule has 0 aliphatic heterocycles. The van der Waals surface area contributed by atoms with E-state index >= 15 is 0 Å². The lowest BCUT2D eigenvalue weighted by atomic mass is 10.0. The van der Waals surface area contributed by atoms with Gasteiger partial charge in [-0.15, -0.1) is 12.4 Å². The lowest BCUT2D eigenvalue weighted by Crippen LogP contribution is -2.24. The first kappa shape index (κ1) is 21.5. The molecule has 0 heterocycles. The van der Waals surface area contributed by atoms with Gasteiger partial charge in [0.1, 0.15) is 6.10 Å². The van der Waals surface area contributed by atoms with E-state index in [1.54, 1.807) is 24.6 Å². The summed E-state index contributed by atoms with van der Waals surface area (Å²) in [4.78, 5) is 12.6. The minimum atomic E-state index is -0.448. The van der Waals surface area contributed by atoms with E-state index < -0.39 is 6.10 Å². The second kappa shape index (κ2) is 9.95. The molecule has 0 spiro atoms. The van der Waals surface area contributed by atoms with Crippen molar-refractivity contribution < 1.29 is 9.53 Å². The van der Waals surface area contributed by atoms with Crippen LogP contribution in [0.5, 0.6) is 0 Å². The minimum absolute atomic E-state index is 0. The SMILES string of the molecule is Cl.NC[CH][C@H](Cc1ccc(Cl)c(Cl)c1)OC(=O)c1ccc2ccccc2c1. The lowest BCUT2D eigenvalue weighted by molar-refractivity contribution is 0.0366. The first-order valence-electron chi connectivity index (χ1n) is 8.24. The Morgan fingerprint density at radius 1 is 1.00 bits per heavy atom. The predicted molar refractivity (Wildman–Crippen MR) is 114 cm³/mol. The summed E-state index contributed by atoms with van der Waals surface area (Å²) in [5.74, 6) is -0.384. The molecule has 0 aliphatic rings. The highest BCUT2D eigenvalue weighted by atomic mass is 35.5. The molecule has 27 heavy (non-hydrogen) atoms. The molecule has 0 saturated carbocycles. The van der Waals surface area contributed by atoms with Crippen molar-refractivity contribution in [3.05, 3.63) is 88.3 Å². The number of fused-ring (bicyclic) bond motifs is 1. The van der Waals surface area contributed by atoms with Crippen molar-refractivity contribution in [2.75, 3.05) is 6.54 Å². The van der Waals surface area contributed by atoms with Crippen LogP contribution >= 0.6 is 35.6 Å². The summed E-state index contributed by atoms with van der Waals surface area (Å²) in [5, 5.41) is 3.02. The van der Waals surface area contributed by atoms with Crippen molar-refractivity contribution >= 4 is 52.4 Å².